The van der Waals surface area contributed by atoms with Gasteiger partial charge in [-0.15, -0.1) is 5.10 Å². The van der Waals surface area contributed by atoms with Crippen molar-refractivity contribution in [2.24, 2.45) is 0 Å². The molecule has 2 aromatic heterocycles. The first kappa shape index (κ1) is 21.1. The van der Waals surface area contributed by atoms with Gasteiger partial charge in [0.25, 0.3) is 5.56 Å². The minimum absolute atomic E-state index is 0.0927. The van der Waals surface area contributed by atoms with Crippen molar-refractivity contribution in [3.05, 3.63) is 100 Å². The van der Waals surface area contributed by atoms with Crippen molar-refractivity contribution in [1.82, 2.24) is 29.8 Å². The van der Waals surface area contributed by atoms with Gasteiger partial charge in [-0.2, -0.15) is 4.68 Å². The lowest BCUT2D eigenvalue weighted by molar-refractivity contribution is 0.758. The molecule has 0 radical (unpaired) electrons. The fourth-order valence-electron chi connectivity index (χ4n) is 3.87. The van der Waals surface area contributed by atoms with Gasteiger partial charge in [-0.3, -0.25) is 9.36 Å². The molecule has 0 bridgehead atoms. The number of hydrogen-bond acceptors (Lipinski definition) is 6. The number of nitrogens with zero attached hydrogens (tertiary/aromatic N) is 6. The molecule has 33 heavy (non-hydrogen) atoms. The highest BCUT2D eigenvalue weighted by Gasteiger charge is 2.22. The second-order valence-electron chi connectivity index (χ2n) is 7.89. The maximum absolute atomic E-state index is 13.6. The fraction of sp³-hybridized carbons (Fsp3) is 0.160. The predicted octanol–water partition coefficient (Wildman–Crippen LogP) is 4.83. The molecule has 0 aliphatic rings. The Bertz CT molecular complexity index is 1510. The summed E-state index contributed by atoms with van der Waals surface area (Å²) in [5.41, 5.74) is 4.43. The van der Waals surface area contributed by atoms with Crippen LogP contribution >= 0.6 is 11.8 Å². The molecular formula is C25H22N6OS. The van der Waals surface area contributed by atoms with E-state index in [1.165, 1.54) is 11.8 Å². The van der Waals surface area contributed by atoms with Gasteiger partial charge in [-0.25, -0.2) is 4.98 Å². The molecule has 0 fully saturated rings. The van der Waals surface area contributed by atoms with E-state index in [0.29, 0.717) is 21.9 Å². The SMILES string of the molecule is Cc1ccc(-n2c(SC(C)c3nnnn3-c3ccccc3)nc3ccccc3c2=O)c(C)c1. The van der Waals surface area contributed by atoms with E-state index in [1.54, 1.807) is 9.25 Å². The number of hydrogen-bond donors (Lipinski definition) is 0. The molecule has 0 spiro atoms. The van der Waals surface area contributed by atoms with E-state index < -0.39 is 0 Å². The number of para-hydroxylation sites is 2. The summed E-state index contributed by atoms with van der Waals surface area (Å²) in [7, 11) is 0. The van der Waals surface area contributed by atoms with Crippen LogP contribution in [0.25, 0.3) is 22.3 Å². The van der Waals surface area contributed by atoms with Crippen molar-refractivity contribution in [3.63, 3.8) is 0 Å². The van der Waals surface area contributed by atoms with Crippen LogP contribution in [0.4, 0.5) is 0 Å². The Morgan fingerprint density at radius 1 is 0.939 bits per heavy atom. The lowest BCUT2D eigenvalue weighted by Crippen LogP contribution is -2.23. The van der Waals surface area contributed by atoms with Crippen LogP contribution in [-0.4, -0.2) is 29.8 Å². The van der Waals surface area contributed by atoms with Crippen LogP contribution in [0.1, 0.15) is 29.1 Å². The molecule has 8 heteroatoms. The molecule has 0 saturated carbocycles. The third kappa shape index (κ3) is 3.93. The van der Waals surface area contributed by atoms with Crippen molar-refractivity contribution >= 4 is 22.7 Å². The molecule has 1 atom stereocenters. The standard InChI is InChI=1S/C25H22N6OS/c1-16-13-14-22(17(2)15-16)30-24(32)20-11-7-8-12-21(20)26-25(30)33-18(3)23-27-28-29-31(23)19-9-5-4-6-10-19/h4-15,18H,1-3H3. The maximum atomic E-state index is 13.6. The van der Waals surface area contributed by atoms with E-state index >= 15 is 0 Å². The quantitative estimate of drug-likeness (QED) is 0.280. The van der Waals surface area contributed by atoms with E-state index in [-0.39, 0.29) is 10.8 Å². The predicted molar refractivity (Wildman–Crippen MR) is 130 cm³/mol. The summed E-state index contributed by atoms with van der Waals surface area (Å²) >= 11 is 1.46. The Labute approximate surface area is 195 Å². The van der Waals surface area contributed by atoms with Gasteiger partial charge in [0.05, 0.1) is 27.5 Å². The number of benzene rings is 3. The number of aryl methyl sites for hydroxylation is 2. The van der Waals surface area contributed by atoms with Crippen LogP contribution in [0, 0.1) is 13.8 Å². The van der Waals surface area contributed by atoms with Crippen molar-refractivity contribution < 1.29 is 0 Å². The van der Waals surface area contributed by atoms with Gasteiger partial charge in [0.1, 0.15) is 0 Å². The largest absolute Gasteiger partial charge is 0.268 e. The van der Waals surface area contributed by atoms with E-state index in [4.69, 9.17) is 4.98 Å². The molecule has 0 saturated heterocycles. The first-order chi connectivity index (χ1) is 16.0. The lowest BCUT2D eigenvalue weighted by atomic mass is 10.1. The Kier molecular flexibility index (Phi) is 5.51. The second kappa shape index (κ2) is 8.63. The van der Waals surface area contributed by atoms with Crippen molar-refractivity contribution in [1.29, 1.82) is 0 Å². The number of thioether (sulfide) groups is 1. The molecule has 3 aromatic carbocycles. The lowest BCUT2D eigenvalue weighted by Gasteiger charge is -2.18. The molecule has 5 aromatic rings. The van der Waals surface area contributed by atoms with Gasteiger partial charge in [-0.1, -0.05) is 59.8 Å². The fourth-order valence-corrected chi connectivity index (χ4v) is 4.88. The van der Waals surface area contributed by atoms with Crippen LogP contribution in [-0.2, 0) is 0 Å². The monoisotopic (exact) mass is 454 g/mol. The zero-order valence-corrected chi connectivity index (χ0v) is 19.3. The Morgan fingerprint density at radius 3 is 2.48 bits per heavy atom. The van der Waals surface area contributed by atoms with Crippen LogP contribution in [0.15, 0.2) is 82.7 Å². The molecular weight excluding hydrogens is 432 g/mol. The Balaban J connectivity index is 1.64. The number of rotatable bonds is 5. The average molecular weight is 455 g/mol. The number of tetrazole rings is 1. The molecule has 7 nitrogen and oxygen atoms in total. The zero-order valence-electron chi connectivity index (χ0n) is 18.5. The van der Waals surface area contributed by atoms with Crippen LogP contribution in [0.5, 0.6) is 0 Å². The van der Waals surface area contributed by atoms with Gasteiger partial charge in [-0.05, 0) is 67.1 Å². The van der Waals surface area contributed by atoms with Crippen molar-refractivity contribution in [2.75, 3.05) is 0 Å². The maximum Gasteiger partial charge on any atom is 0.266 e. The molecule has 164 valence electrons. The van der Waals surface area contributed by atoms with Crippen LogP contribution in [0.3, 0.4) is 0 Å². The van der Waals surface area contributed by atoms with E-state index in [9.17, 15) is 4.79 Å². The summed E-state index contributed by atoms with van der Waals surface area (Å²) in [4.78, 5) is 18.5. The highest BCUT2D eigenvalue weighted by molar-refractivity contribution is 7.99. The highest BCUT2D eigenvalue weighted by Crippen LogP contribution is 2.34. The summed E-state index contributed by atoms with van der Waals surface area (Å²) in [6.45, 7) is 6.07. The van der Waals surface area contributed by atoms with Gasteiger partial charge >= 0.3 is 0 Å². The Hall–Kier alpha value is -3.78. The summed E-state index contributed by atoms with van der Waals surface area (Å²) < 4.78 is 3.42. The van der Waals surface area contributed by atoms with E-state index in [0.717, 1.165) is 22.5 Å². The van der Waals surface area contributed by atoms with Gasteiger partial charge in [0, 0.05) is 0 Å². The third-order valence-corrected chi connectivity index (χ3v) is 6.53. The minimum atomic E-state index is -0.162. The normalized spacial score (nSPS) is 12.2. The summed E-state index contributed by atoms with van der Waals surface area (Å²) in [5, 5.41) is 13.4. The van der Waals surface area contributed by atoms with Gasteiger partial charge in [0.2, 0.25) is 0 Å². The van der Waals surface area contributed by atoms with Crippen LogP contribution in [0.2, 0.25) is 0 Å². The molecule has 2 heterocycles. The molecule has 0 aliphatic heterocycles. The summed E-state index contributed by atoms with van der Waals surface area (Å²) in [5.74, 6) is 0.681. The first-order valence-corrected chi connectivity index (χ1v) is 11.5. The number of fused-ring (bicyclic) bond motifs is 1. The smallest absolute Gasteiger partial charge is 0.266 e. The number of aromatic nitrogens is 6. The summed E-state index contributed by atoms with van der Waals surface area (Å²) in [6.07, 6.45) is 0. The first-order valence-electron chi connectivity index (χ1n) is 10.6. The molecule has 5 rings (SSSR count). The minimum Gasteiger partial charge on any atom is -0.268 e. The zero-order chi connectivity index (χ0) is 22.9. The molecule has 0 aliphatic carbocycles. The van der Waals surface area contributed by atoms with Gasteiger partial charge in [0.15, 0.2) is 11.0 Å². The topological polar surface area (TPSA) is 78.5 Å². The van der Waals surface area contributed by atoms with E-state index in [1.807, 2.05) is 87.5 Å². The van der Waals surface area contributed by atoms with Crippen molar-refractivity contribution in [2.45, 2.75) is 31.2 Å². The third-order valence-electron chi connectivity index (χ3n) is 5.48. The molecule has 0 amide bonds. The molecule has 1 unspecified atom stereocenters. The summed E-state index contributed by atoms with van der Waals surface area (Å²) in [6, 6.07) is 23.3. The van der Waals surface area contributed by atoms with Gasteiger partial charge < -0.3 is 0 Å². The average Bonchev–Trinajstić information content (AvgIpc) is 3.31. The van der Waals surface area contributed by atoms with Crippen molar-refractivity contribution in [3.8, 4) is 11.4 Å². The second-order valence-corrected chi connectivity index (χ2v) is 9.19. The van der Waals surface area contributed by atoms with Crippen LogP contribution < -0.4 is 5.56 Å². The van der Waals surface area contributed by atoms with E-state index in [2.05, 4.69) is 21.6 Å². The Morgan fingerprint density at radius 2 is 1.70 bits per heavy atom. The highest BCUT2D eigenvalue weighted by atomic mass is 32.2. The molecule has 0 N–H and O–H groups in total.